The lowest BCUT2D eigenvalue weighted by molar-refractivity contribution is -0.120. The highest BCUT2D eigenvalue weighted by molar-refractivity contribution is 14.1. The molecule has 0 saturated heterocycles. The zero-order valence-corrected chi connectivity index (χ0v) is 12.1. The van der Waals surface area contributed by atoms with Crippen LogP contribution >= 0.6 is 22.6 Å². The van der Waals surface area contributed by atoms with Crippen molar-refractivity contribution in [3.63, 3.8) is 0 Å². The van der Waals surface area contributed by atoms with Crippen LogP contribution in [0.25, 0.3) is 0 Å². The van der Waals surface area contributed by atoms with E-state index in [1.54, 1.807) is 0 Å². The van der Waals surface area contributed by atoms with E-state index in [2.05, 4.69) is 46.9 Å². The third kappa shape index (κ3) is 2.21. The molecule has 2 aromatic rings. The fourth-order valence-corrected chi connectivity index (χ4v) is 2.83. The largest absolute Gasteiger partial charge is 0.299 e. The topological polar surface area (TPSA) is 17.1 Å². The van der Waals surface area contributed by atoms with Crippen LogP contribution in [0.15, 0.2) is 48.5 Å². The number of ketones is 1. The van der Waals surface area contributed by atoms with E-state index >= 15 is 0 Å². The molecule has 0 spiro atoms. The summed E-state index contributed by atoms with van der Waals surface area (Å²) < 4.78 is 1.21. The second-order valence-corrected chi connectivity index (χ2v) is 5.97. The molecule has 0 aromatic heterocycles. The number of rotatable bonds is 3. The highest BCUT2D eigenvalue weighted by Gasteiger charge is 2.31. The molecule has 3 rings (SSSR count). The van der Waals surface area contributed by atoms with Crippen molar-refractivity contribution in [2.24, 2.45) is 0 Å². The van der Waals surface area contributed by atoms with Crippen LogP contribution in [-0.2, 0) is 17.6 Å². The summed E-state index contributed by atoms with van der Waals surface area (Å²) in [6, 6.07) is 16.4. The zero-order valence-electron chi connectivity index (χ0n) is 9.90. The molecular weight excluding hydrogens is 335 g/mol. The minimum absolute atomic E-state index is 0.125. The highest BCUT2D eigenvalue weighted by Crippen LogP contribution is 2.36. The monoisotopic (exact) mass is 348 g/mol. The number of carbonyl (C=O) groups is 1. The molecule has 0 radical (unpaired) electrons. The number of benzene rings is 2. The Morgan fingerprint density at radius 3 is 2.56 bits per heavy atom. The molecule has 1 atom stereocenters. The Bertz CT molecular complexity index is 586. The highest BCUT2D eigenvalue weighted by atomic mass is 127. The van der Waals surface area contributed by atoms with Gasteiger partial charge in [-0.15, -0.1) is 0 Å². The van der Waals surface area contributed by atoms with Gasteiger partial charge in [-0.25, -0.2) is 0 Å². The summed E-state index contributed by atoms with van der Waals surface area (Å²) >= 11 is 2.28. The summed E-state index contributed by atoms with van der Waals surface area (Å²) in [5.74, 6) is 0.468. The molecule has 2 heteroatoms. The molecular formula is C16H13IO. The van der Waals surface area contributed by atoms with Gasteiger partial charge in [0.1, 0.15) is 5.78 Å². The van der Waals surface area contributed by atoms with Gasteiger partial charge in [-0.05, 0) is 57.8 Å². The first-order valence-corrected chi connectivity index (χ1v) is 7.17. The average Bonchev–Trinajstić information content (AvgIpc) is 2.34. The first-order chi connectivity index (χ1) is 8.74. The summed E-state index contributed by atoms with van der Waals surface area (Å²) in [5.41, 5.74) is 3.68. The molecule has 0 saturated carbocycles. The van der Waals surface area contributed by atoms with Crippen molar-refractivity contribution < 1.29 is 4.79 Å². The molecule has 0 amide bonds. The van der Waals surface area contributed by atoms with Crippen LogP contribution in [0.1, 0.15) is 22.6 Å². The number of fused-ring (bicyclic) bond motifs is 1. The fraction of sp³-hybridized carbons (Fsp3) is 0.188. The van der Waals surface area contributed by atoms with Crippen molar-refractivity contribution in [3.05, 3.63) is 68.8 Å². The Labute approximate surface area is 120 Å². The molecule has 0 bridgehead atoms. The summed E-state index contributed by atoms with van der Waals surface area (Å²) in [6.07, 6.45) is 1.47. The van der Waals surface area contributed by atoms with Crippen molar-refractivity contribution in [2.75, 3.05) is 0 Å². The average molecular weight is 348 g/mol. The zero-order chi connectivity index (χ0) is 12.5. The fourth-order valence-electron chi connectivity index (χ4n) is 2.47. The Morgan fingerprint density at radius 1 is 1.11 bits per heavy atom. The van der Waals surface area contributed by atoms with Crippen LogP contribution in [0.2, 0.25) is 0 Å². The van der Waals surface area contributed by atoms with Crippen LogP contribution in [0.3, 0.4) is 0 Å². The Morgan fingerprint density at radius 2 is 1.83 bits per heavy atom. The van der Waals surface area contributed by atoms with Crippen LogP contribution in [0.4, 0.5) is 0 Å². The number of halogens is 1. The maximum atomic E-state index is 12.2. The Balaban J connectivity index is 1.72. The quantitative estimate of drug-likeness (QED) is 0.773. The maximum Gasteiger partial charge on any atom is 0.145 e. The van der Waals surface area contributed by atoms with Crippen molar-refractivity contribution in [2.45, 2.75) is 18.8 Å². The smallest absolute Gasteiger partial charge is 0.145 e. The van der Waals surface area contributed by atoms with Crippen LogP contribution < -0.4 is 0 Å². The van der Waals surface area contributed by atoms with Crippen LogP contribution in [0.5, 0.6) is 0 Å². The molecule has 1 aliphatic rings. The number of Topliss-reactive ketones (excluding diaryl/α,β-unsaturated/α-hetero) is 1. The normalized spacial score (nSPS) is 16.8. The second-order valence-electron chi connectivity index (χ2n) is 4.73. The van der Waals surface area contributed by atoms with E-state index < -0.39 is 0 Å². The SMILES string of the molecule is O=C(Cc1ccc(I)cc1)C1Cc2ccccc21. The molecule has 0 aliphatic heterocycles. The minimum atomic E-state index is 0.125. The van der Waals surface area contributed by atoms with E-state index in [0.29, 0.717) is 12.2 Å². The predicted octanol–water partition coefficient (Wildman–Crippen LogP) is 3.74. The third-order valence-electron chi connectivity index (χ3n) is 3.53. The van der Waals surface area contributed by atoms with E-state index in [4.69, 9.17) is 0 Å². The number of hydrogen-bond acceptors (Lipinski definition) is 1. The Hall–Kier alpha value is -1.16. The van der Waals surface area contributed by atoms with Crippen molar-refractivity contribution >= 4 is 28.4 Å². The standard InChI is InChI=1S/C16H13IO/c17-13-7-5-11(6-8-13)9-16(18)15-10-12-3-1-2-4-14(12)15/h1-8,15H,9-10H2. The van der Waals surface area contributed by atoms with Gasteiger partial charge in [0.05, 0.1) is 0 Å². The summed E-state index contributed by atoms with van der Waals surface area (Å²) in [7, 11) is 0. The number of hydrogen-bond donors (Lipinski definition) is 0. The van der Waals surface area contributed by atoms with Gasteiger partial charge in [-0.2, -0.15) is 0 Å². The van der Waals surface area contributed by atoms with Gasteiger partial charge in [0.2, 0.25) is 0 Å². The predicted molar refractivity (Wildman–Crippen MR) is 80.8 cm³/mol. The van der Waals surface area contributed by atoms with E-state index in [-0.39, 0.29) is 5.92 Å². The van der Waals surface area contributed by atoms with Crippen LogP contribution in [0, 0.1) is 3.57 Å². The molecule has 90 valence electrons. The van der Waals surface area contributed by atoms with E-state index in [0.717, 1.165) is 12.0 Å². The second kappa shape index (κ2) is 4.84. The molecule has 1 nitrogen and oxygen atoms in total. The molecule has 0 fully saturated rings. The molecule has 18 heavy (non-hydrogen) atoms. The lowest BCUT2D eigenvalue weighted by atomic mass is 9.74. The first kappa shape index (κ1) is 11.9. The van der Waals surface area contributed by atoms with Gasteiger partial charge < -0.3 is 0 Å². The number of carbonyl (C=O) groups excluding carboxylic acids is 1. The van der Waals surface area contributed by atoms with E-state index in [1.165, 1.54) is 14.7 Å². The van der Waals surface area contributed by atoms with Crippen molar-refractivity contribution in [1.82, 2.24) is 0 Å². The lowest BCUT2D eigenvalue weighted by Crippen LogP contribution is -2.26. The molecule has 2 aromatic carbocycles. The molecule has 1 aliphatic carbocycles. The lowest BCUT2D eigenvalue weighted by Gasteiger charge is -2.28. The first-order valence-electron chi connectivity index (χ1n) is 6.09. The van der Waals surface area contributed by atoms with Gasteiger partial charge >= 0.3 is 0 Å². The maximum absolute atomic E-state index is 12.2. The van der Waals surface area contributed by atoms with Crippen molar-refractivity contribution in [3.8, 4) is 0 Å². The summed E-state index contributed by atoms with van der Waals surface area (Å²) in [4.78, 5) is 12.2. The van der Waals surface area contributed by atoms with Gasteiger partial charge in [0, 0.05) is 15.9 Å². The minimum Gasteiger partial charge on any atom is -0.299 e. The van der Waals surface area contributed by atoms with Gasteiger partial charge in [-0.3, -0.25) is 4.79 Å². The Kier molecular flexibility index (Phi) is 3.20. The summed E-state index contributed by atoms with van der Waals surface area (Å²) in [6.45, 7) is 0. The third-order valence-corrected chi connectivity index (χ3v) is 4.25. The molecule has 0 N–H and O–H groups in total. The molecule has 1 unspecified atom stereocenters. The van der Waals surface area contributed by atoms with Gasteiger partial charge in [-0.1, -0.05) is 36.4 Å². The van der Waals surface area contributed by atoms with Gasteiger partial charge in [0.15, 0.2) is 0 Å². The van der Waals surface area contributed by atoms with E-state index in [1.807, 2.05) is 24.3 Å². The summed E-state index contributed by atoms with van der Waals surface area (Å²) in [5, 5.41) is 0. The van der Waals surface area contributed by atoms with Crippen molar-refractivity contribution in [1.29, 1.82) is 0 Å². The molecule has 0 heterocycles. The van der Waals surface area contributed by atoms with Gasteiger partial charge in [0.25, 0.3) is 0 Å². The van der Waals surface area contributed by atoms with Crippen LogP contribution in [-0.4, -0.2) is 5.78 Å². The van der Waals surface area contributed by atoms with E-state index in [9.17, 15) is 4.79 Å².